The summed E-state index contributed by atoms with van der Waals surface area (Å²) in [5.41, 5.74) is 2.20. The molecule has 84 valence electrons. The highest BCUT2D eigenvalue weighted by atomic mass is 127. The molecule has 0 radical (unpaired) electrons. The van der Waals surface area contributed by atoms with Crippen LogP contribution in [0.15, 0.2) is 30.5 Å². The molecule has 1 aromatic heterocycles. The largest absolute Gasteiger partial charge is 0.248 e. The molecule has 0 aliphatic rings. The molecule has 0 saturated heterocycles. The van der Waals surface area contributed by atoms with Crippen LogP contribution in [0.4, 0.5) is 0 Å². The van der Waals surface area contributed by atoms with Crippen molar-refractivity contribution in [1.29, 1.82) is 0 Å². The molecule has 0 aliphatic heterocycles. The van der Waals surface area contributed by atoms with Crippen LogP contribution < -0.4 is 0 Å². The molecule has 5 heteroatoms. The fourth-order valence-corrected chi connectivity index (χ4v) is 1.92. The zero-order valence-electron chi connectivity index (χ0n) is 8.77. The molecule has 0 spiro atoms. The lowest BCUT2D eigenvalue weighted by molar-refractivity contribution is 0.649. The predicted octanol–water partition coefficient (Wildman–Crippen LogP) is 3.39. The molecule has 0 aliphatic carbocycles. The number of halogens is 2. The van der Waals surface area contributed by atoms with Crippen LogP contribution in [0.1, 0.15) is 23.0 Å². The van der Waals surface area contributed by atoms with Gasteiger partial charge in [0.1, 0.15) is 0 Å². The van der Waals surface area contributed by atoms with Crippen LogP contribution in [0.5, 0.6) is 0 Å². The van der Waals surface area contributed by atoms with Crippen molar-refractivity contribution in [2.24, 2.45) is 0 Å². The molecule has 16 heavy (non-hydrogen) atoms. The fraction of sp³-hybridized carbons (Fsp3) is 0.273. The first kappa shape index (κ1) is 12.0. The maximum absolute atomic E-state index is 4.09. The second-order valence-electron chi connectivity index (χ2n) is 3.58. The van der Waals surface area contributed by atoms with E-state index in [2.05, 4.69) is 73.1 Å². The van der Waals surface area contributed by atoms with Crippen LogP contribution >= 0.6 is 38.5 Å². The number of hydrogen-bond donors (Lipinski definition) is 0. The minimum atomic E-state index is 0.248. The monoisotopic (exact) mass is 391 g/mol. The van der Waals surface area contributed by atoms with Crippen molar-refractivity contribution in [3.63, 3.8) is 0 Å². The van der Waals surface area contributed by atoms with E-state index in [9.17, 15) is 0 Å². The summed E-state index contributed by atoms with van der Waals surface area (Å²) in [6.45, 7) is 2.81. The molecule has 0 bridgehead atoms. The van der Waals surface area contributed by atoms with Crippen molar-refractivity contribution < 1.29 is 0 Å². The van der Waals surface area contributed by atoms with Gasteiger partial charge in [-0.25, -0.2) is 4.68 Å². The summed E-state index contributed by atoms with van der Waals surface area (Å²) in [7, 11) is 0. The number of hydrogen-bond acceptors (Lipinski definition) is 2. The zero-order valence-corrected chi connectivity index (χ0v) is 12.5. The van der Waals surface area contributed by atoms with Crippen LogP contribution in [0, 0.1) is 3.57 Å². The molecule has 2 rings (SSSR count). The number of rotatable bonds is 3. The lowest BCUT2D eigenvalue weighted by atomic mass is 10.2. The Balaban J connectivity index is 2.11. The first-order chi connectivity index (χ1) is 7.65. The van der Waals surface area contributed by atoms with Crippen molar-refractivity contribution in [2.45, 2.75) is 18.3 Å². The molecule has 0 saturated carbocycles. The van der Waals surface area contributed by atoms with Gasteiger partial charge in [0.15, 0.2) is 0 Å². The Bertz CT molecular complexity index is 464. The van der Waals surface area contributed by atoms with E-state index >= 15 is 0 Å². The van der Waals surface area contributed by atoms with Gasteiger partial charge in [0.05, 0.1) is 17.1 Å². The summed E-state index contributed by atoms with van der Waals surface area (Å²) in [4.78, 5) is 0.248. The van der Waals surface area contributed by atoms with E-state index < -0.39 is 0 Å². The van der Waals surface area contributed by atoms with Crippen molar-refractivity contribution in [3.8, 4) is 0 Å². The quantitative estimate of drug-likeness (QED) is 0.593. The Kier molecular flexibility index (Phi) is 3.96. The smallest absolute Gasteiger partial charge is 0.0960 e. The molecule has 0 amide bonds. The molecule has 1 heterocycles. The molecule has 1 atom stereocenters. The van der Waals surface area contributed by atoms with E-state index in [1.165, 1.54) is 9.13 Å². The molecular weight excluding hydrogens is 381 g/mol. The van der Waals surface area contributed by atoms with Crippen LogP contribution in [-0.2, 0) is 6.54 Å². The lowest BCUT2D eigenvalue weighted by Crippen LogP contribution is -2.00. The number of nitrogens with zero attached hydrogens (tertiary/aromatic N) is 3. The van der Waals surface area contributed by atoms with Gasteiger partial charge in [-0.1, -0.05) is 33.3 Å². The van der Waals surface area contributed by atoms with Crippen LogP contribution in [0.2, 0.25) is 0 Å². The van der Waals surface area contributed by atoms with Gasteiger partial charge in [0.25, 0.3) is 0 Å². The van der Waals surface area contributed by atoms with E-state index in [-0.39, 0.29) is 4.83 Å². The Hall–Kier alpha value is -0.430. The van der Waals surface area contributed by atoms with Crippen LogP contribution in [0.3, 0.4) is 0 Å². The highest BCUT2D eigenvalue weighted by Gasteiger charge is 2.06. The van der Waals surface area contributed by atoms with E-state index in [0.717, 1.165) is 12.2 Å². The summed E-state index contributed by atoms with van der Waals surface area (Å²) in [5.74, 6) is 0. The number of aromatic nitrogens is 3. The molecule has 3 nitrogen and oxygen atoms in total. The third-order valence-electron chi connectivity index (χ3n) is 2.22. The maximum atomic E-state index is 4.09. The minimum absolute atomic E-state index is 0.248. The summed E-state index contributed by atoms with van der Waals surface area (Å²) >= 11 is 5.77. The van der Waals surface area contributed by atoms with Gasteiger partial charge in [0, 0.05) is 9.77 Å². The van der Waals surface area contributed by atoms with Gasteiger partial charge in [-0.2, -0.15) is 0 Å². The van der Waals surface area contributed by atoms with Gasteiger partial charge in [-0.3, -0.25) is 0 Å². The molecule has 1 aromatic carbocycles. The van der Waals surface area contributed by atoms with Crippen molar-refractivity contribution in [3.05, 3.63) is 45.3 Å². The first-order valence-electron chi connectivity index (χ1n) is 4.93. The van der Waals surface area contributed by atoms with Gasteiger partial charge in [-0.15, -0.1) is 5.10 Å². The standard InChI is InChI=1S/C11H11BrIN3/c1-8(12)11-7-16(15-14-11)6-9-2-4-10(13)5-3-9/h2-5,7-8H,6H2,1H3. The van der Waals surface area contributed by atoms with Gasteiger partial charge < -0.3 is 0 Å². The highest BCUT2D eigenvalue weighted by Crippen LogP contribution is 2.18. The highest BCUT2D eigenvalue weighted by molar-refractivity contribution is 14.1. The third kappa shape index (κ3) is 3.04. The zero-order chi connectivity index (χ0) is 11.5. The Labute approximate surface area is 117 Å². The number of alkyl halides is 1. The summed E-state index contributed by atoms with van der Waals surface area (Å²) in [6, 6.07) is 8.42. The van der Waals surface area contributed by atoms with Gasteiger partial charge in [-0.05, 0) is 47.2 Å². The summed E-state index contributed by atoms with van der Waals surface area (Å²) in [5, 5.41) is 8.18. The average Bonchev–Trinajstić information content (AvgIpc) is 2.70. The Morgan fingerprint density at radius 3 is 2.62 bits per heavy atom. The topological polar surface area (TPSA) is 30.7 Å². The normalized spacial score (nSPS) is 12.7. The van der Waals surface area contributed by atoms with Crippen LogP contribution in [-0.4, -0.2) is 15.0 Å². The third-order valence-corrected chi connectivity index (χ3v) is 3.41. The van der Waals surface area contributed by atoms with Gasteiger partial charge in [0.2, 0.25) is 0 Å². The lowest BCUT2D eigenvalue weighted by Gasteiger charge is -2.00. The van der Waals surface area contributed by atoms with E-state index in [0.29, 0.717) is 0 Å². The second kappa shape index (κ2) is 5.27. The predicted molar refractivity (Wildman–Crippen MR) is 75.6 cm³/mol. The summed E-state index contributed by atoms with van der Waals surface area (Å²) < 4.78 is 3.10. The van der Waals surface area contributed by atoms with E-state index in [4.69, 9.17) is 0 Å². The second-order valence-corrected chi connectivity index (χ2v) is 6.20. The maximum Gasteiger partial charge on any atom is 0.0960 e. The van der Waals surface area contributed by atoms with Crippen molar-refractivity contribution in [1.82, 2.24) is 15.0 Å². The summed E-state index contributed by atoms with van der Waals surface area (Å²) in [6.07, 6.45) is 1.97. The fourth-order valence-electron chi connectivity index (χ4n) is 1.35. The van der Waals surface area contributed by atoms with E-state index in [1.807, 2.05) is 17.8 Å². The molecular formula is C11H11BrIN3. The SMILES string of the molecule is CC(Br)c1cn(Cc2ccc(I)cc2)nn1. The van der Waals surface area contributed by atoms with Crippen molar-refractivity contribution in [2.75, 3.05) is 0 Å². The molecule has 1 unspecified atom stereocenters. The Morgan fingerprint density at radius 1 is 1.38 bits per heavy atom. The van der Waals surface area contributed by atoms with Crippen LogP contribution in [0.25, 0.3) is 0 Å². The molecule has 0 N–H and O–H groups in total. The Morgan fingerprint density at radius 2 is 2.06 bits per heavy atom. The molecule has 0 fully saturated rings. The minimum Gasteiger partial charge on any atom is -0.248 e. The van der Waals surface area contributed by atoms with Crippen molar-refractivity contribution >= 4 is 38.5 Å². The number of benzene rings is 1. The van der Waals surface area contributed by atoms with Gasteiger partial charge >= 0.3 is 0 Å². The average molecular weight is 392 g/mol. The van der Waals surface area contributed by atoms with E-state index in [1.54, 1.807) is 0 Å². The molecule has 2 aromatic rings. The first-order valence-corrected chi connectivity index (χ1v) is 6.93.